The molecule has 2 aromatic heterocycles. The second kappa shape index (κ2) is 4.91. The molecule has 116 valence electrons. The number of piperidine rings is 3. The molecule has 1 unspecified atom stereocenters. The molecule has 1 atom stereocenters. The maximum absolute atomic E-state index is 4.63. The van der Waals surface area contributed by atoms with Crippen LogP contribution in [0.2, 0.25) is 0 Å². The molecule has 0 amide bonds. The van der Waals surface area contributed by atoms with E-state index in [0.29, 0.717) is 12.0 Å². The Balaban J connectivity index is 1.38. The highest BCUT2D eigenvalue weighted by molar-refractivity contribution is 5.67. The van der Waals surface area contributed by atoms with E-state index < -0.39 is 0 Å². The quantitative estimate of drug-likeness (QED) is 0.934. The summed E-state index contributed by atoms with van der Waals surface area (Å²) in [4.78, 5) is 2.65. The van der Waals surface area contributed by atoms with Crippen molar-refractivity contribution in [2.75, 3.05) is 25.0 Å². The average Bonchev–Trinajstić information content (AvgIpc) is 3.31. The van der Waals surface area contributed by atoms with Gasteiger partial charge >= 0.3 is 0 Å². The Morgan fingerprint density at radius 1 is 1.18 bits per heavy atom. The van der Waals surface area contributed by atoms with Crippen molar-refractivity contribution in [1.29, 1.82) is 0 Å². The summed E-state index contributed by atoms with van der Waals surface area (Å²) in [6.07, 6.45) is 8.36. The van der Waals surface area contributed by atoms with E-state index in [-0.39, 0.29) is 0 Å². The second-order valence-electron chi connectivity index (χ2n) is 7.11. The number of nitrogens with zero attached hydrogens (tertiary/aromatic N) is 5. The molecule has 1 saturated carbocycles. The normalized spacial score (nSPS) is 30.8. The van der Waals surface area contributed by atoms with E-state index >= 15 is 0 Å². The predicted molar refractivity (Wildman–Crippen MR) is 83.9 cm³/mol. The van der Waals surface area contributed by atoms with Gasteiger partial charge in [-0.2, -0.15) is 9.61 Å². The van der Waals surface area contributed by atoms with Gasteiger partial charge in [0.25, 0.3) is 0 Å². The Labute approximate surface area is 129 Å². The van der Waals surface area contributed by atoms with Crippen molar-refractivity contribution >= 4 is 11.3 Å². The second-order valence-corrected chi connectivity index (χ2v) is 7.11. The number of anilines is 1. The molecular formula is C16H22N6. The fourth-order valence-corrected chi connectivity index (χ4v) is 4.08. The van der Waals surface area contributed by atoms with Crippen LogP contribution in [0, 0.1) is 5.92 Å². The summed E-state index contributed by atoms with van der Waals surface area (Å²) < 4.78 is 1.82. The van der Waals surface area contributed by atoms with Crippen LogP contribution in [-0.2, 0) is 0 Å². The van der Waals surface area contributed by atoms with Crippen molar-refractivity contribution in [3.8, 4) is 0 Å². The van der Waals surface area contributed by atoms with Gasteiger partial charge in [-0.3, -0.25) is 4.90 Å². The van der Waals surface area contributed by atoms with E-state index in [1.54, 1.807) is 6.33 Å². The van der Waals surface area contributed by atoms with Crippen molar-refractivity contribution in [2.24, 2.45) is 5.92 Å². The fourth-order valence-electron chi connectivity index (χ4n) is 4.08. The molecule has 4 aliphatic rings. The highest BCUT2D eigenvalue weighted by Crippen LogP contribution is 2.40. The van der Waals surface area contributed by atoms with E-state index in [4.69, 9.17) is 0 Å². The number of hydrogen-bond donors (Lipinski definition) is 1. The summed E-state index contributed by atoms with van der Waals surface area (Å²) >= 11 is 0. The first-order valence-electron chi connectivity index (χ1n) is 8.56. The van der Waals surface area contributed by atoms with Gasteiger partial charge in [-0.25, -0.2) is 0 Å². The van der Waals surface area contributed by atoms with Crippen molar-refractivity contribution in [3.05, 3.63) is 18.1 Å². The molecule has 0 radical (unpaired) electrons. The lowest BCUT2D eigenvalue weighted by atomic mass is 9.83. The van der Waals surface area contributed by atoms with E-state index in [9.17, 15) is 0 Å². The molecule has 2 bridgehead atoms. The third-order valence-electron chi connectivity index (χ3n) is 5.58. The lowest BCUT2D eigenvalue weighted by molar-refractivity contribution is 0.0563. The highest BCUT2D eigenvalue weighted by Gasteiger charge is 2.33. The molecule has 22 heavy (non-hydrogen) atoms. The summed E-state index contributed by atoms with van der Waals surface area (Å²) in [7, 11) is 0. The van der Waals surface area contributed by atoms with Gasteiger partial charge in [-0.05, 0) is 57.2 Å². The minimum Gasteiger partial charge on any atom is -0.380 e. The first-order chi connectivity index (χ1) is 10.9. The van der Waals surface area contributed by atoms with Crippen LogP contribution >= 0.6 is 0 Å². The molecule has 0 aromatic carbocycles. The minimum absolute atomic E-state index is 0.641. The SMILES string of the molecule is c1c(C2CC2)nn2cnnc2c1NCC1CC2CCN1CC2. The van der Waals surface area contributed by atoms with E-state index in [1.807, 2.05) is 4.52 Å². The maximum Gasteiger partial charge on any atom is 0.200 e. The van der Waals surface area contributed by atoms with Gasteiger partial charge < -0.3 is 5.32 Å². The van der Waals surface area contributed by atoms with Crippen LogP contribution in [0.25, 0.3) is 5.65 Å². The van der Waals surface area contributed by atoms with Crippen molar-refractivity contribution in [2.45, 2.75) is 44.1 Å². The Hall–Kier alpha value is -1.69. The van der Waals surface area contributed by atoms with Gasteiger partial charge in [0.05, 0.1) is 11.4 Å². The van der Waals surface area contributed by atoms with Gasteiger partial charge in [-0.1, -0.05) is 0 Å². The first-order valence-corrected chi connectivity index (χ1v) is 8.56. The van der Waals surface area contributed by atoms with E-state index in [1.165, 1.54) is 50.9 Å². The van der Waals surface area contributed by atoms with Crippen LogP contribution < -0.4 is 5.32 Å². The molecular weight excluding hydrogens is 276 g/mol. The zero-order chi connectivity index (χ0) is 14.5. The Bertz CT molecular complexity index is 683. The number of rotatable bonds is 4. The summed E-state index contributed by atoms with van der Waals surface area (Å²) in [5.74, 6) is 1.59. The van der Waals surface area contributed by atoms with Gasteiger partial charge in [0, 0.05) is 18.5 Å². The molecule has 6 heteroatoms. The predicted octanol–water partition coefficient (Wildman–Crippen LogP) is 1.90. The number of aromatic nitrogens is 4. The van der Waals surface area contributed by atoms with E-state index in [2.05, 4.69) is 31.6 Å². The molecule has 6 rings (SSSR count). The van der Waals surface area contributed by atoms with Crippen molar-refractivity contribution in [1.82, 2.24) is 24.7 Å². The van der Waals surface area contributed by atoms with Crippen LogP contribution in [0.5, 0.6) is 0 Å². The molecule has 5 heterocycles. The van der Waals surface area contributed by atoms with Gasteiger partial charge in [0.2, 0.25) is 5.65 Å². The molecule has 3 aliphatic heterocycles. The molecule has 3 saturated heterocycles. The monoisotopic (exact) mass is 298 g/mol. The lowest BCUT2D eigenvalue weighted by Gasteiger charge is -2.45. The van der Waals surface area contributed by atoms with E-state index in [0.717, 1.165) is 23.8 Å². The standard InChI is InChI=1S/C16H22N6/c1-2-12(1)14-8-15(16-19-18-10-22(16)20-14)17-9-13-7-11-3-5-21(13)6-4-11/h8,10-13,17H,1-7,9H2. The molecule has 4 fully saturated rings. The topological polar surface area (TPSA) is 58.4 Å². The number of nitrogens with one attached hydrogen (secondary N) is 1. The summed E-state index contributed by atoms with van der Waals surface area (Å²) in [5.41, 5.74) is 3.12. The van der Waals surface area contributed by atoms with Gasteiger partial charge in [0.1, 0.15) is 6.33 Å². The Kier molecular flexibility index (Phi) is 2.86. The third-order valence-corrected chi connectivity index (χ3v) is 5.58. The maximum atomic E-state index is 4.63. The molecule has 1 N–H and O–H groups in total. The Morgan fingerprint density at radius 2 is 2.05 bits per heavy atom. The minimum atomic E-state index is 0.641. The highest BCUT2D eigenvalue weighted by atomic mass is 15.4. The van der Waals surface area contributed by atoms with Crippen molar-refractivity contribution < 1.29 is 0 Å². The largest absolute Gasteiger partial charge is 0.380 e. The van der Waals surface area contributed by atoms with Crippen LogP contribution in [0.15, 0.2) is 12.4 Å². The summed E-state index contributed by atoms with van der Waals surface area (Å²) in [6.45, 7) is 3.56. The average molecular weight is 298 g/mol. The van der Waals surface area contributed by atoms with Crippen molar-refractivity contribution in [3.63, 3.8) is 0 Å². The number of fused-ring (bicyclic) bond motifs is 4. The molecule has 6 nitrogen and oxygen atoms in total. The zero-order valence-electron chi connectivity index (χ0n) is 12.8. The first kappa shape index (κ1) is 12.8. The van der Waals surface area contributed by atoms with Crippen LogP contribution in [0.1, 0.15) is 43.7 Å². The van der Waals surface area contributed by atoms with Crippen LogP contribution in [0.4, 0.5) is 5.69 Å². The molecule has 0 spiro atoms. The zero-order valence-corrected chi connectivity index (χ0v) is 12.8. The lowest BCUT2D eigenvalue weighted by Crippen LogP contribution is -2.51. The summed E-state index contributed by atoms with van der Waals surface area (Å²) in [5, 5.41) is 16.5. The van der Waals surface area contributed by atoms with Crippen LogP contribution in [-0.4, -0.2) is 50.4 Å². The van der Waals surface area contributed by atoms with Gasteiger partial charge in [-0.15, -0.1) is 10.2 Å². The number of hydrogen-bond acceptors (Lipinski definition) is 5. The third kappa shape index (κ3) is 2.17. The fraction of sp³-hybridized carbons (Fsp3) is 0.688. The molecule has 1 aliphatic carbocycles. The smallest absolute Gasteiger partial charge is 0.200 e. The Morgan fingerprint density at radius 3 is 2.77 bits per heavy atom. The summed E-state index contributed by atoms with van der Waals surface area (Å²) in [6, 6.07) is 2.87. The van der Waals surface area contributed by atoms with Crippen LogP contribution in [0.3, 0.4) is 0 Å². The van der Waals surface area contributed by atoms with Gasteiger partial charge in [0.15, 0.2) is 0 Å². The molecule has 2 aromatic rings.